The highest BCUT2D eigenvalue weighted by Crippen LogP contribution is 2.21. The number of carbonyl (C=O) groups is 1. The van der Waals surface area contributed by atoms with Crippen molar-refractivity contribution in [3.63, 3.8) is 0 Å². The molecule has 0 unspecified atom stereocenters. The standard InChI is InChI=1S/C17H32N4O2S/c1-16(2,3)23-13-14-12-21(20-19-14)10-7-8-15(22)18-9-11-24-17(4,5)6/h12H,7-11,13H2,1-6H3,(H,18,22). The van der Waals surface area contributed by atoms with Gasteiger partial charge in [0.1, 0.15) is 5.69 Å². The smallest absolute Gasteiger partial charge is 0.220 e. The Bertz CT molecular complexity index is 503. The lowest BCUT2D eigenvalue weighted by Crippen LogP contribution is -2.26. The predicted molar refractivity (Wildman–Crippen MR) is 99.0 cm³/mol. The molecule has 1 aromatic rings. The maximum Gasteiger partial charge on any atom is 0.220 e. The number of aromatic nitrogens is 3. The second kappa shape index (κ2) is 9.42. The van der Waals surface area contributed by atoms with Crippen molar-refractivity contribution >= 4 is 17.7 Å². The van der Waals surface area contributed by atoms with Gasteiger partial charge in [0, 0.05) is 30.0 Å². The molecule has 0 aromatic carbocycles. The SMILES string of the molecule is CC(C)(C)OCc1cn(CCCC(=O)NCCSC(C)(C)C)nn1. The fourth-order valence-electron chi connectivity index (χ4n) is 1.84. The first kappa shape index (κ1) is 21.0. The van der Waals surface area contributed by atoms with E-state index in [1.165, 1.54) is 0 Å². The van der Waals surface area contributed by atoms with E-state index in [1.54, 1.807) is 4.68 Å². The van der Waals surface area contributed by atoms with Gasteiger partial charge in [0.15, 0.2) is 0 Å². The molecule has 0 aliphatic rings. The Morgan fingerprint density at radius 2 is 2.00 bits per heavy atom. The maximum atomic E-state index is 11.8. The lowest BCUT2D eigenvalue weighted by Gasteiger charge is -2.18. The summed E-state index contributed by atoms with van der Waals surface area (Å²) in [5.41, 5.74) is 0.626. The van der Waals surface area contributed by atoms with Crippen molar-refractivity contribution in [3.8, 4) is 0 Å². The molecule has 1 aromatic heterocycles. The van der Waals surface area contributed by atoms with Crippen LogP contribution in [0.4, 0.5) is 0 Å². The Kier molecular flexibility index (Phi) is 8.22. The first-order valence-electron chi connectivity index (χ1n) is 8.49. The fourth-order valence-corrected chi connectivity index (χ4v) is 2.66. The molecule has 0 aliphatic heterocycles. The van der Waals surface area contributed by atoms with Gasteiger partial charge in [0.25, 0.3) is 0 Å². The highest BCUT2D eigenvalue weighted by atomic mass is 32.2. The molecule has 0 bridgehead atoms. The first-order valence-corrected chi connectivity index (χ1v) is 9.47. The van der Waals surface area contributed by atoms with E-state index >= 15 is 0 Å². The fraction of sp³-hybridized carbons (Fsp3) is 0.824. The molecule has 0 radical (unpaired) electrons. The number of hydrogen-bond donors (Lipinski definition) is 1. The third kappa shape index (κ3) is 10.6. The van der Waals surface area contributed by atoms with Gasteiger partial charge >= 0.3 is 0 Å². The second-order valence-corrected chi connectivity index (χ2v) is 9.71. The van der Waals surface area contributed by atoms with Gasteiger partial charge in [-0.3, -0.25) is 9.48 Å². The third-order valence-corrected chi connectivity index (χ3v) is 4.26. The molecule has 1 amide bonds. The van der Waals surface area contributed by atoms with E-state index < -0.39 is 0 Å². The molecule has 6 nitrogen and oxygen atoms in total. The summed E-state index contributed by atoms with van der Waals surface area (Å²) in [5.74, 6) is 1.04. The van der Waals surface area contributed by atoms with Crippen LogP contribution in [0.5, 0.6) is 0 Å². The third-order valence-electron chi connectivity index (χ3n) is 2.99. The lowest BCUT2D eigenvalue weighted by molar-refractivity contribution is -0.121. The van der Waals surface area contributed by atoms with E-state index in [0.717, 1.165) is 24.4 Å². The van der Waals surface area contributed by atoms with Gasteiger partial charge in [-0.25, -0.2) is 0 Å². The molecule has 0 fully saturated rings. The van der Waals surface area contributed by atoms with E-state index in [9.17, 15) is 4.79 Å². The molecular weight excluding hydrogens is 324 g/mol. The number of aryl methyl sites for hydroxylation is 1. The molecular formula is C17H32N4O2S. The van der Waals surface area contributed by atoms with Crippen molar-refractivity contribution in [2.75, 3.05) is 12.3 Å². The Morgan fingerprint density at radius 3 is 2.62 bits per heavy atom. The molecule has 0 saturated heterocycles. The summed E-state index contributed by atoms with van der Waals surface area (Å²) < 4.78 is 7.68. The van der Waals surface area contributed by atoms with Gasteiger partial charge in [-0.2, -0.15) is 11.8 Å². The highest BCUT2D eigenvalue weighted by Gasteiger charge is 2.12. The van der Waals surface area contributed by atoms with Crippen molar-refractivity contribution in [2.24, 2.45) is 0 Å². The van der Waals surface area contributed by atoms with Crippen LogP contribution < -0.4 is 5.32 Å². The molecule has 0 aliphatic carbocycles. The monoisotopic (exact) mass is 356 g/mol. The van der Waals surface area contributed by atoms with Crippen molar-refractivity contribution < 1.29 is 9.53 Å². The molecule has 138 valence electrons. The predicted octanol–water partition coefficient (Wildman–Crippen LogP) is 3.02. The zero-order valence-corrected chi connectivity index (χ0v) is 16.7. The lowest BCUT2D eigenvalue weighted by atomic mass is 10.2. The number of rotatable bonds is 9. The van der Waals surface area contributed by atoms with Crippen LogP contribution in [0.2, 0.25) is 0 Å². The van der Waals surface area contributed by atoms with Crippen LogP contribution in [-0.2, 0) is 22.7 Å². The summed E-state index contributed by atoms with van der Waals surface area (Å²) in [6.07, 6.45) is 3.14. The summed E-state index contributed by atoms with van der Waals surface area (Å²) in [6, 6.07) is 0. The summed E-state index contributed by atoms with van der Waals surface area (Å²) in [5, 5.41) is 11.1. The summed E-state index contributed by atoms with van der Waals surface area (Å²) in [7, 11) is 0. The van der Waals surface area contributed by atoms with Crippen molar-refractivity contribution in [3.05, 3.63) is 11.9 Å². The maximum absolute atomic E-state index is 11.8. The zero-order valence-electron chi connectivity index (χ0n) is 15.9. The van der Waals surface area contributed by atoms with Crippen molar-refractivity contribution in [1.29, 1.82) is 0 Å². The average Bonchev–Trinajstić information content (AvgIpc) is 2.88. The number of amides is 1. The summed E-state index contributed by atoms with van der Waals surface area (Å²) >= 11 is 1.86. The van der Waals surface area contributed by atoms with E-state index in [4.69, 9.17) is 4.74 Å². The minimum absolute atomic E-state index is 0.0981. The quantitative estimate of drug-likeness (QED) is 0.689. The van der Waals surface area contributed by atoms with Crippen LogP contribution in [-0.4, -0.2) is 43.5 Å². The number of hydrogen-bond acceptors (Lipinski definition) is 5. The van der Waals surface area contributed by atoms with Crippen molar-refractivity contribution in [2.45, 2.75) is 77.9 Å². The molecule has 24 heavy (non-hydrogen) atoms. The van der Waals surface area contributed by atoms with Crippen LogP contribution in [0.1, 0.15) is 60.1 Å². The Balaban J connectivity index is 2.16. The molecule has 1 heterocycles. The minimum atomic E-state index is -0.187. The van der Waals surface area contributed by atoms with Gasteiger partial charge in [-0.15, -0.1) is 5.10 Å². The molecule has 1 N–H and O–H groups in total. The number of ether oxygens (including phenoxy) is 1. The average molecular weight is 357 g/mol. The molecule has 0 saturated carbocycles. The summed E-state index contributed by atoms with van der Waals surface area (Å²) in [4.78, 5) is 11.8. The normalized spacial score (nSPS) is 12.4. The largest absolute Gasteiger partial charge is 0.369 e. The van der Waals surface area contributed by atoms with Crippen LogP contribution >= 0.6 is 11.8 Å². The molecule has 0 atom stereocenters. The second-order valence-electron chi connectivity index (χ2n) is 7.79. The number of thioether (sulfide) groups is 1. The highest BCUT2D eigenvalue weighted by molar-refractivity contribution is 8.00. The van der Waals surface area contributed by atoms with Crippen molar-refractivity contribution in [1.82, 2.24) is 20.3 Å². The number of nitrogens with one attached hydrogen (secondary N) is 1. The molecule has 0 spiro atoms. The van der Waals surface area contributed by atoms with Gasteiger partial charge in [0.2, 0.25) is 5.91 Å². The molecule has 1 rings (SSSR count). The van der Waals surface area contributed by atoms with Gasteiger partial charge in [0.05, 0.1) is 18.4 Å². The van der Waals surface area contributed by atoms with E-state index in [0.29, 0.717) is 19.6 Å². The van der Waals surface area contributed by atoms with Crippen LogP contribution in [0.3, 0.4) is 0 Å². The van der Waals surface area contributed by atoms with E-state index in [1.807, 2.05) is 38.7 Å². The van der Waals surface area contributed by atoms with Gasteiger partial charge in [-0.1, -0.05) is 26.0 Å². The number of nitrogens with zero attached hydrogens (tertiary/aromatic N) is 3. The Morgan fingerprint density at radius 1 is 1.29 bits per heavy atom. The number of carbonyl (C=O) groups excluding carboxylic acids is 1. The van der Waals surface area contributed by atoms with Crippen LogP contribution in [0, 0.1) is 0 Å². The van der Waals surface area contributed by atoms with E-state index in [2.05, 4.69) is 36.4 Å². The Labute approximate surface area is 150 Å². The zero-order chi connectivity index (χ0) is 18.2. The first-order chi connectivity index (χ1) is 11.1. The Hall–Kier alpha value is -1.08. The van der Waals surface area contributed by atoms with Crippen LogP contribution in [0.15, 0.2) is 6.20 Å². The minimum Gasteiger partial charge on any atom is -0.369 e. The molecule has 7 heteroatoms. The van der Waals surface area contributed by atoms with Gasteiger partial charge < -0.3 is 10.1 Å². The van der Waals surface area contributed by atoms with Crippen LogP contribution in [0.25, 0.3) is 0 Å². The van der Waals surface area contributed by atoms with Gasteiger partial charge in [-0.05, 0) is 27.2 Å². The van der Waals surface area contributed by atoms with E-state index in [-0.39, 0.29) is 16.3 Å². The topological polar surface area (TPSA) is 69.0 Å². The summed E-state index contributed by atoms with van der Waals surface area (Å²) in [6.45, 7) is 14.4.